The molecule has 0 saturated carbocycles. The van der Waals surface area contributed by atoms with Crippen LogP contribution >= 0.6 is 0 Å². The topological polar surface area (TPSA) is 105 Å². The van der Waals surface area contributed by atoms with Crippen molar-refractivity contribution in [2.24, 2.45) is 0 Å². The largest absolute Gasteiger partial charge is 0.445 e. The first-order valence-corrected chi connectivity index (χ1v) is 11.7. The van der Waals surface area contributed by atoms with E-state index in [4.69, 9.17) is 4.74 Å². The smallest absolute Gasteiger partial charge is 0.435 e. The van der Waals surface area contributed by atoms with Gasteiger partial charge in [-0.05, 0) is 29.2 Å². The molecular formula is C25H20F7N3O5. The van der Waals surface area contributed by atoms with E-state index < -0.39 is 60.0 Å². The van der Waals surface area contributed by atoms with Crippen molar-refractivity contribution >= 4 is 23.8 Å². The number of hydrogen-bond acceptors (Lipinski definition) is 5. The molecule has 2 aromatic carbocycles. The minimum Gasteiger partial charge on any atom is -0.445 e. The van der Waals surface area contributed by atoms with Gasteiger partial charge in [-0.15, -0.1) is 0 Å². The van der Waals surface area contributed by atoms with Crippen molar-refractivity contribution in [3.05, 3.63) is 70.3 Å². The lowest BCUT2D eigenvalue weighted by atomic mass is 9.93. The average Bonchev–Trinajstić information content (AvgIpc) is 3.20. The maximum absolute atomic E-state index is 14.1. The van der Waals surface area contributed by atoms with Crippen molar-refractivity contribution in [2.45, 2.75) is 56.6 Å². The molecule has 2 N–H and O–H groups in total. The second kappa shape index (κ2) is 10.4. The number of carbonyl (C=O) groups excluding carboxylic acids is 4. The molecule has 2 aliphatic heterocycles. The molecule has 1 fully saturated rings. The van der Waals surface area contributed by atoms with E-state index in [-0.39, 0.29) is 31.5 Å². The number of ether oxygens (including phenoxy) is 1. The summed E-state index contributed by atoms with van der Waals surface area (Å²) in [5, 5.41) is 4.59. The number of benzene rings is 2. The summed E-state index contributed by atoms with van der Waals surface area (Å²) in [6.07, 6.45) is -13.2. The summed E-state index contributed by atoms with van der Waals surface area (Å²) in [5.41, 5.74) is -5.76. The second-order valence-electron chi connectivity index (χ2n) is 9.17. The first kappa shape index (κ1) is 28.8. The quantitative estimate of drug-likeness (QED) is 0.398. The molecule has 0 bridgehead atoms. The minimum absolute atomic E-state index is 0.00210. The van der Waals surface area contributed by atoms with Crippen LogP contribution in [-0.4, -0.2) is 47.1 Å². The Labute approximate surface area is 221 Å². The van der Waals surface area contributed by atoms with Crippen molar-refractivity contribution in [3.8, 4) is 0 Å². The maximum atomic E-state index is 14.1. The summed E-state index contributed by atoms with van der Waals surface area (Å²) < 4.78 is 96.2. The van der Waals surface area contributed by atoms with Crippen LogP contribution < -0.4 is 10.6 Å². The molecule has 0 radical (unpaired) electrons. The van der Waals surface area contributed by atoms with Crippen molar-refractivity contribution in [1.29, 1.82) is 0 Å². The van der Waals surface area contributed by atoms with Gasteiger partial charge in [0.2, 0.25) is 11.8 Å². The molecule has 1 unspecified atom stereocenters. The van der Waals surface area contributed by atoms with Gasteiger partial charge in [0.15, 0.2) is 0 Å². The van der Waals surface area contributed by atoms with Gasteiger partial charge in [-0.3, -0.25) is 19.7 Å². The molecule has 214 valence electrons. The van der Waals surface area contributed by atoms with E-state index in [2.05, 4.69) is 10.6 Å². The normalized spacial score (nSPS) is 17.9. The Morgan fingerprint density at radius 3 is 2.17 bits per heavy atom. The fourth-order valence-electron chi connectivity index (χ4n) is 4.40. The number of nitrogens with zero attached hydrogens (tertiary/aromatic N) is 1. The number of fused-ring (bicyclic) bond motifs is 1. The highest BCUT2D eigenvalue weighted by Gasteiger charge is 2.73. The minimum atomic E-state index is -6.24. The number of alkyl halides is 7. The lowest BCUT2D eigenvalue weighted by Crippen LogP contribution is -2.52. The van der Waals surface area contributed by atoms with Crippen LogP contribution in [0.2, 0.25) is 0 Å². The van der Waals surface area contributed by atoms with Gasteiger partial charge >= 0.3 is 24.1 Å². The molecule has 1 saturated heterocycles. The number of piperidine rings is 1. The SMILES string of the molecule is O=C1CCC(N2Cc3ccc(CNC(=O)OCc4ccc(C(F)(C(F)(F)F)C(F)(F)F)cc4)cc3C2=O)C(=O)N1. The van der Waals surface area contributed by atoms with E-state index in [1.54, 1.807) is 12.1 Å². The Kier molecular flexibility index (Phi) is 7.51. The zero-order valence-corrected chi connectivity index (χ0v) is 20.3. The molecule has 2 aliphatic rings. The summed E-state index contributed by atoms with van der Waals surface area (Å²) in [4.78, 5) is 49.8. The molecule has 2 heterocycles. The fourth-order valence-corrected chi connectivity index (χ4v) is 4.40. The molecule has 4 rings (SSSR count). The van der Waals surface area contributed by atoms with Crippen LogP contribution in [0.3, 0.4) is 0 Å². The molecule has 1 atom stereocenters. The van der Waals surface area contributed by atoms with Gasteiger partial charge in [0.25, 0.3) is 5.91 Å². The lowest BCUT2D eigenvalue weighted by molar-refractivity contribution is -0.348. The van der Waals surface area contributed by atoms with Gasteiger partial charge in [-0.2, -0.15) is 26.3 Å². The van der Waals surface area contributed by atoms with Crippen molar-refractivity contribution in [2.75, 3.05) is 0 Å². The van der Waals surface area contributed by atoms with Crippen molar-refractivity contribution in [1.82, 2.24) is 15.5 Å². The zero-order chi connectivity index (χ0) is 29.5. The summed E-state index contributed by atoms with van der Waals surface area (Å²) >= 11 is 0. The monoisotopic (exact) mass is 575 g/mol. The number of alkyl carbamates (subject to hydrolysis) is 1. The van der Waals surface area contributed by atoms with Crippen LogP contribution in [0.15, 0.2) is 42.5 Å². The van der Waals surface area contributed by atoms with E-state index in [1.807, 2.05) is 0 Å². The third-order valence-electron chi connectivity index (χ3n) is 6.53. The first-order valence-electron chi connectivity index (χ1n) is 11.7. The molecule has 40 heavy (non-hydrogen) atoms. The average molecular weight is 575 g/mol. The van der Waals surface area contributed by atoms with Gasteiger partial charge in [-0.25, -0.2) is 9.18 Å². The molecule has 4 amide bonds. The highest BCUT2D eigenvalue weighted by molar-refractivity contribution is 6.05. The summed E-state index contributed by atoms with van der Waals surface area (Å²) in [5.74, 6) is -1.38. The third-order valence-corrected chi connectivity index (χ3v) is 6.53. The van der Waals surface area contributed by atoms with Crippen LogP contribution in [0, 0.1) is 0 Å². The fraction of sp³-hybridized carbons (Fsp3) is 0.360. The van der Waals surface area contributed by atoms with E-state index in [0.29, 0.717) is 28.8 Å². The molecular weight excluding hydrogens is 555 g/mol. The van der Waals surface area contributed by atoms with Crippen LogP contribution in [0.1, 0.15) is 45.5 Å². The Hall–Kier alpha value is -4.17. The molecule has 0 spiro atoms. The van der Waals surface area contributed by atoms with E-state index in [0.717, 1.165) is 12.1 Å². The zero-order valence-electron chi connectivity index (χ0n) is 20.3. The van der Waals surface area contributed by atoms with Gasteiger partial charge < -0.3 is 15.0 Å². The number of nitrogens with one attached hydrogen (secondary N) is 2. The Balaban J connectivity index is 1.32. The Bertz CT molecular complexity index is 1330. The number of rotatable bonds is 6. The molecule has 15 heteroatoms. The van der Waals surface area contributed by atoms with Crippen LogP contribution in [0.4, 0.5) is 35.5 Å². The van der Waals surface area contributed by atoms with Gasteiger partial charge in [0.05, 0.1) is 0 Å². The van der Waals surface area contributed by atoms with E-state index in [9.17, 15) is 49.9 Å². The number of halogens is 7. The van der Waals surface area contributed by atoms with Crippen LogP contribution in [-0.2, 0) is 39.7 Å². The number of amides is 4. The number of imide groups is 1. The predicted octanol–water partition coefficient (Wildman–Crippen LogP) is 4.16. The lowest BCUT2D eigenvalue weighted by Gasteiger charge is -2.30. The van der Waals surface area contributed by atoms with Crippen LogP contribution in [0.25, 0.3) is 0 Å². The predicted molar refractivity (Wildman–Crippen MR) is 121 cm³/mol. The Morgan fingerprint density at radius 2 is 1.57 bits per heavy atom. The van der Waals surface area contributed by atoms with E-state index >= 15 is 0 Å². The molecule has 0 aliphatic carbocycles. The summed E-state index contributed by atoms with van der Waals surface area (Å²) in [7, 11) is 0. The van der Waals surface area contributed by atoms with Crippen molar-refractivity contribution < 1.29 is 54.6 Å². The second-order valence-corrected chi connectivity index (χ2v) is 9.17. The highest BCUT2D eigenvalue weighted by Crippen LogP contribution is 2.53. The van der Waals surface area contributed by atoms with Gasteiger partial charge in [0.1, 0.15) is 12.6 Å². The highest BCUT2D eigenvalue weighted by atomic mass is 19.4. The third kappa shape index (κ3) is 5.45. The number of carbonyl (C=O) groups is 4. The summed E-state index contributed by atoms with van der Waals surface area (Å²) in [6.45, 7) is -0.463. The van der Waals surface area contributed by atoms with Gasteiger partial charge in [0, 0.05) is 30.6 Å². The molecule has 0 aromatic heterocycles. The molecule has 8 nitrogen and oxygen atoms in total. The molecule has 2 aromatic rings. The standard InChI is InChI=1S/C25H20F7N3O5/c26-23(24(27,28)29,25(30,31)32)16-5-2-13(3-6-16)12-40-22(39)33-10-14-1-4-15-11-35(21(38)17(15)9-14)18-7-8-19(36)34-20(18)37/h1-6,9,18H,7-8,10-12H2,(H,33,39)(H,34,36,37). The van der Waals surface area contributed by atoms with Gasteiger partial charge in [-0.1, -0.05) is 36.4 Å². The van der Waals surface area contributed by atoms with E-state index in [1.165, 1.54) is 11.0 Å². The van der Waals surface area contributed by atoms with Crippen LogP contribution in [0.5, 0.6) is 0 Å². The maximum Gasteiger partial charge on any atom is 0.435 e. The Morgan fingerprint density at radius 1 is 0.950 bits per heavy atom. The number of hydrogen-bond donors (Lipinski definition) is 2. The first-order chi connectivity index (χ1) is 18.6. The van der Waals surface area contributed by atoms with Crippen molar-refractivity contribution in [3.63, 3.8) is 0 Å². The summed E-state index contributed by atoms with van der Waals surface area (Å²) in [6, 6.07) is 6.19.